The topological polar surface area (TPSA) is 352 Å². The Labute approximate surface area is 506 Å². The molecule has 0 saturated carbocycles. The molecule has 0 aliphatic carbocycles. The summed E-state index contributed by atoms with van der Waals surface area (Å²) < 4.78 is 0. The molecule has 1 fully saturated rings. The Balaban J connectivity index is 3.45. The largest absolute Gasteiger partial charge is 0.393 e. The predicted molar refractivity (Wildman–Crippen MR) is 325 cm³/mol. The number of hydrogen-bond donors (Lipinski definition) is 12. The lowest BCUT2D eigenvalue weighted by molar-refractivity contribution is -0.140. The molecule has 85 heavy (non-hydrogen) atoms. The highest BCUT2D eigenvalue weighted by molar-refractivity contribution is 6.00. The number of likely N-dealkylation sites (tertiary alicyclic amines) is 1. The van der Waals surface area contributed by atoms with Crippen LogP contribution in [0.5, 0.6) is 0 Å². The SMILES string of the molecule is CCC(=O)C[C@@H](O)C[C@@H](C)C[C@H](NC(=O)[C@@H]1C[C@H](C)CN1C(=O)/C=C/[C@@H](C)CC)C(=O)N[C@H](C(=O)NC(C)(C)C(=O)N[C@@H](CC(C)C)C(=O)N[C@@H](CC(C)C)C(=O)NC(C)(C)C(=O)NC(C)(C)C(=O)NCCC(=O)N[C@@H](C)CNC)[C@H](O)C(C)C. The van der Waals surface area contributed by atoms with Gasteiger partial charge in [0.25, 0.3) is 0 Å². The molecule has 1 aliphatic heterocycles. The zero-order chi connectivity index (χ0) is 65.5. The first kappa shape index (κ1) is 77.0. The van der Waals surface area contributed by atoms with Crippen LogP contribution in [0.4, 0.5) is 0 Å². The molecule has 0 unspecified atom stereocenters. The molecule has 1 saturated heterocycles. The number of aliphatic hydroxyl groups is 2. The van der Waals surface area contributed by atoms with Gasteiger partial charge in [0, 0.05) is 44.9 Å². The number of nitrogens with zero attached hydrogens (tertiary/aromatic N) is 1. The summed E-state index contributed by atoms with van der Waals surface area (Å²) in [6, 6.07) is -6.63. The van der Waals surface area contributed by atoms with Crippen LogP contribution < -0.4 is 53.2 Å². The van der Waals surface area contributed by atoms with E-state index in [1.165, 1.54) is 52.5 Å². The van der Waals surface area contributed by atoms with Crippen molar-refractivity contribution in [2.24, 2.45) is 35.5 Å². The van der Waals surface area contributed by atoms with Crippen molar-refractivity contribution in [2.75, 3.05) is 26.7 Å². The maximum atomic E-state index is 14.5. The predicted octanol–water partition coefficient (Wildman–Crippen LogP) is 1.94. The van der Waals surface area contributed by atoms with Crippen LogP contribution >= 0.6 is 0 Å². The van der Waals surface area contributed by atoms with Gasteiger partial charge in [-0.2, -0.15) is 0 Å². The van der Waals surface area contributed by atoms with Crippen molar-refractivity contribution >= 4 is 64.9 Å². The van der Waals surface area contributed by atoms with Crippen molar-refractivity contribution < 1.29 is 63.0 Å². The van der Waals surface area contributed by atoms with Gasteiger partial charge in [-0.05, 0) is 129 Å². The highest BCUT2D eigenvalue weighted by atomic mass is 16.3. The zero-order valence-corrected chi connectivity index (χ0v) is 54.6. The Kier molecular flexibility index (Phi) is 32.2. The quantitative estimate of drug-likeness (QED) is 0.0396. The van der Waals surface area contributed by atoms with Crippen molar-refractivity contribution in [3.05, 3.63) is 12.2 Å². The van der Waals surface area contributed by atoms with Crippen LogP contribution in [0.15, 0.2) is 12.2 Å². The summed E-state index contributed by atoms with van der Waals surface area (Å²) in [5.41, 5.74) is -4.92. The molecule has 0 radical (unpaired) electrons. The van der Waals surface area contributed by atoms with Crippen LogP contribution in [0.1, 0.15) is 182 Å². The average molecular weight is 1200 g/mol. The van der Waals surface area contributed by atoms with Crippen LogP contribution in [0, 0.1) is 35.5 Å². The lowest BCUT2D eigenvalue weighted by Gasteiger charge is -2.34. The Morgan fingerprint density at radius 3 is 1.69 bits per heavy atom. The number of amides is 10. The minimum Gasteiger partial charge on any atom is -0.393 e. The maximum absolute atomic E-state index is 14.5. The number of Topliss-reactive ketones (excluding diaryl/α,β-unsaturated/α-hetero) is 1. The van der Waals surface area contributed by atoms with E-state index >= 15 is 0 Å². The minimum absolute atomic E-state index is 0.00469. The fourth-order valence-corrected chi connectivity index (χ4v) is 9.54. The second-order valence-corrected chi connectivity index (χ2v) is 26.4. The molecule has 0 bridgehead atoms. The lowest BCUT2D eigenvalue weighted by atomic mass is 9.92. The number of carbonyl (C=O) groups is 11. The normalized spacial score (nSPS) is 18.0. The number of nitrogens with one attached hydrogen (secondary N) is 10. The molecule has 24 heteroatoms. The first-order chi connectivity index (χ1) is 39.2. The van der Waals surface area contributed by atoms with E-state index in [-0.39, 0.29) is 98.8 Å². The van der Waals surface area contributed by atoms with Gasteiger partial charge in [0.2, 0.25) is 59.1 Å². The van der Waals surface area contributed by atoms with Crippen molar-refractivity contribution in [3.63, 3.8) is 0 Å². The first-order valence-corrected chi connectivity index (χ1v) is 30.5. The van der Waals surface area contributed by atoms with Crippen LogP contribution in [-0.4, -0.2) is 172 Å². The third-order valence-electron chi connectivity index (χ3n) is 14.9. The first-order valence-electron chi connectivity index (χ1n) is 30.5. The van der Waals surface area contributed by atoms with E-state index < -0.39 is 118 Å². The Morgan fingerprint density at radius 1 is 0.624 bits per heavy atom. The van der Waals surface area contributed by atoms with Gasteiger partial charge in [0.05, 0.1) is 12.2 Å². The fourth-order valence-electron chi connectivity index (χ4n) is 9.54. The van der Waals surface area contributed by atoms with Gasteiger partial charge in [-0.15, -0.1) is 0 Å². The van der Waals surface area contributed by atoms with E-state index in [1.54, 1.807) is 40.8 Å². The summed E-state index contributed by atoms with van der Waals surface area (Å²) in [5, 5.41) is 49.6. The van der Waals surface area contributed by atoms with E-state index in [9.17, 15) is 63.0 Å². The Morgan fingerprint density at radius 2 is 1.15 bits per heavy atom. The Bertz CT molecular complexity index is 2300. The molecule has 1 aliphatic rings. The van der Waals surface area contributed by atoms with Gasteiger partial charge in [-0.1, -0.05) is 88.7 Å². The molecule has 10 amide bonds. The number of aliphatic hydroxyl groups excluding tert-OH is 2. The van der Waals surface area contributed by atoms with Crippen molar-refractivity contribution in [2.45, 2.75) is 247 Å². The molecule has 0 aromatic rings. The van der Waals surface area contributed by atoms with E-state index in [2.05, 4.69) is 53.2 Å². The van der Waals surface area contributed by atoms with Crippen LogP contribution in [0.2, 0.25) is 0 Å². The third-order valence-corrected chi connectivity index (χ3v) is 14.9. The number of hydrogen-bond acceptors (Lipinski definition) is 14. The standard InChI is InChI=1S/C61H109N11O13/c1-20-37(9)22-23-48(76)72-33-39(11)30-46(72)54(81)66-45(29-38(10)28-42(74)31-41(73)21-2)52(79)68-49(50(77)36(7)8)55(82)70-60(15,16)57(84)67-43(26-34(3)4)51(78)65-44(27-35(5)6)53(80)69-61(17,18)58(85)71-59(13,14)56(83)63-25-24-47(75)64-40(12)32-62-19/h22-23,34-40,42-46,49-50,62,74,77H,20-21,24-33H2,1-19H3,(H,63,83)(H,64,75)(H,65,78)(H,66,81)(H,67,84)(H,68,79)(H,69,80)(H,70,82)(H,71,85)/b23-22+/t37-,38+,39-,40-,42-,43-,44-,45-,46-,49-,50+/m0/s1. The van der Waals surface area contributed by atoms with Crippen molar-refractivity contribution in [1.82, 2.24) is 58.1 Å². The van der Waals surface area contributed by atoms with E-state index in [1.807, 2.05) is 55.4 Å². The molecule has 0 aromatic carbocycles. The van der Waals surface area contributed by atoms with Crippen LogP contribution in [-0.2, 0) is 52.7 Å². The number of carbonyl (C=O) groups excluding carboxylic acids is 11. The second kappa shape index (κ2) is 35.6. The molecule has 486 valence electrons. The molecule has 1 heterocycles. The number of allylic oxidation sites excluding steroid dienone is 1. The molecule has 1 rings (SSSR count). The van der Waals surface area contributed by atoms with Gasteiger partial charge in [-0.3, -0.25) is 52.7 Å². The number of rotatable bonds is 37. The smallest absolute Gasteiger partial charge is 0.246 e. The molecular formula is C61H109N11O13. The van der Waals surface area contributed by atoms with Crippen molar-refractivity contribution in [1.29, 1.82) is 0 Å². The summed E-state index contributed by atoms with van der Waals surface area (Å²) in [6.07, 6.45) is 2.06. The number of likely N-dealkylation sites (N-methyl/N-ethyl adjacent to an activating group) is 1. The van der Waals surface area contributed by atoms with Crippen LogP contribution in [0.25, 0.3) is 0 Å². The van der Waals surface area contributed by atoms with E-state index in [0.29, 0.717) is 19.5 Å². The zero-order valence-electron chi connectivity index (χ0n) is 54.6. The molecule has 11 atom stereocenters. The highest BCUT2D eigenvalue weighted by Crippen LogP contribution is 2.25. The second-order valence-electron chi connectivity index (χ2n) is 26.4. The van der Waals surface area contributed by atoms with Crippen molar-refractivity contribution in [3.8, 4) is 0 Å². The lowest BCUT2D eigenvalue weighted by Crippen LogP contribution is -2.66. The summed E-state index contributed by atoms with van der Waals surface area (Å²) in [4.78, 5) is 152. The summed E-state index contributed by atoms with van der Waals surface area (Å²) in [6.45, 7) is 31.0. The monoisotopic (exact) mass is 1200 g/mol. The van der Waals surface area contributed by atoms with E-state index in [4.69, 9.17) is 0 Å². The molecular weight excluding hydrogens is 1090 g/mol. The highest BCUT2D eigenvalue weighted by Gasteiger charge is 2.43. The third kappa shape index (κ3) is 27.1. The van der Waals surface area contributed by atoms with Gasteiger partial charge in [0.1, 0.15) is 52.6 Å². The average Bonchev–Trinajstić information content (AvgIpc) is 3.97. The molecule has 24 nitrogen and oxygen atoms in total. The molecule has 0 spiro atoms. The van der Waals surface area contributed by atoms with Gasteiger partial charge in [0.15, 0.2) is 0 Å². The van der Waals surface area contributed by atoms with Crippen LogP contribution in [0.3, 0.4) is 0 Å². The maximum Gasteiger partial charge on any atom is 0.246 e. The summed E-state index contributed by atoms with van der Waals surface area (Å²) in [5.74, 6) is -8.27. The van der Waals surface area contributed by atoms with E-state index in [0.717, 1.165) is 6.42 Å². The fraction of sp³-hybridized carbons (Fsp3) is 0.787. The van der Waals surface area contributed by atoms with Gasteiger partial charge >= 0.3 is 0 Å². The number of ketones is 1. The molecule has 0 aromatic heterocycles. The molecule has 12 N–H and O–H groups in total. The Hall–Kier alpha value is -6.01. The van der Waals surface area contributed by atoms with Gasteiger partial charge < -0.3 is 68.3 Å². The summed E-state index contributed by atoms with van der Waals surface area (Å²) in [7, 11) is 1.76. The minimum atomic E-state index is -1.82. The van der Waals surface area contributed by atoms with Gasteiger partial charge in [-0.25, -0.2) is 0 Å². The summed E-state index contributed by atoms with van der Waals surface area (Å²) >= 11 is 0.